The van der Waals surface area contributed by atoms with Gasteiger partial charge in [-0.25, -0.2) is 17.5 Å². The summed E-state index contributed by atoms with van der Waals surface area (Å²) in [7, 11) is 2.02. The fourth-order valence-corrected chi connectivity index (χ4v) is 3.51. The Morgan fingerprint density at radius 2 is 1.79 bits per heavy atom. The van der Waals surface area contributed by atoms with Crippen LogP contribution in [0.2, 0.25) is 0 Å². The minimum atomic E-state index is -3.78. The first-order valence-electron chi connectivity index (χ1n) is 8.55. The van der Waals surface area contributed by atoms with Gasteiger partial charge in [0.05, 0.1) is 12.7 Å². The Kier molecular flexibility index (Phi) is 7.18. The third-order valence-corrected chi connectivity index (χ3v) is 5.79. The van der Waals surface area contributed by atoms with Crippen LogP contribution in [0.4, 0.5) is 11.4 Å². The smallest absolute Gasteiger partial charge is 0.340 e. The summed E-state index contributed by atoms with van der Waals surface area (Å²) >= 11 is 0. The maximum absolute atomic E-state index is 12.4. The topological polar surface area (TPSA) is 114 Å². The molecule has 2 aromatic rings. The molecule has 0 unspecified atom stereocenters. The van der Waals surface area contributed by atoms with Crippen molar-refractivity contribution in [1.29, 1.82) is 0 Å². The Balaban J connectivity index is 2.10. The highest BCUT2D eigenvalue weighted by molar-refractivity contribution is 7.89. The van der Waals surface area contributed by atoms with Crippen molar-refractivity contribution in [2.75, 3.05) is 45.5 Å². The van der Waals surface area contributed by atoms with Crippen molar-refractivity contribution in [2.24, 2.45) is 0 Å². The van der Waals surface area contributed by atoms with E-state index >= 15 is 0 Å². The lowest BCUT2D eigenvalue weighted by atomic mass is 10.2. The molecule has 0 bridgehead atoms. The van der Waals surface area contributed by atoms with Crippen molar-refractivity contribution in [3.8, 4) is 5.75 Å². The number of anilines is 2. The van der Waals surface area contributed by atoms with E-state index in [1.807, 2.05) is 0 Å². The number of ether oxygens (including phenoxy) is 2. The molecule has 1 amide bonds. The van der Waals surface area contributed by atoms with E-state index in [0.717, 1.165) is 4.31 Å². The molecule has 0 fully saturated rings. The zero-order chi connectivity index (χ0) is 21.6. The van der Waals surface area contributed by atoms with Crippen LogP contribution in [0.5, 0.6) is 5.75 Å². The van der Waals surface area contributed by atoms with Gasteiger partial charge in [-0.3, -0.25) is 4.79 Å². The number of carbonyl (C=O) groups excluding carboxylic acids is 2. The molecule has 10 heteroatoms. The molecule has 2 rings (SSSR count). The van der Waals surface area contributed by atoms with E-state index in [1.165, 1.54) is 39.4 Å². The van der Waals surface area contributed by atoms with Crippen molar-refractivity contribution in [2.45, 2.75) is 4.90 Å². The monoisotopic (exact) mass is 421 g/mol. The molecule has 156 valence electrons. The first-order chi connectivity index (χ1) is 13.7. The standard InChI is InChI=1S/C19H23N3O6S/c1-20-15-8-6-5-7-14(15)19(24)28-12-18(23)21-13-9-10-16(27-4)17(11-13)29(25,26)22(2)3/h5-11,20H,12H2,1-4H3,(H,21,23). The molecule has 29 heavy (non-hydrogen) atoms. The van der Waals surface area contributed by atoms with Crippen LogP contribution in [0.3, 0.4) is 0 Å². The second kappa shape index (κ2) is 9.39. The zero-order valence-electron chi connectivity index (χ0n) is 16.6. The van der Waals surface area contributed by atoms with Gasteiger partial charge in [0.1, 0.15) is 10.6 Å². The van der Waals surface area contributed by atoms with Crippen LogP contribution in [-0.2, 0) is 19.6 Å². The summed E-state index contributed by atoms with van der Waals surface area (Å²) in [6, 6.07) is 10.9. The first-order valence-corrected chi connectivity index (χ1v) is 9.99. The Hall–Kier alpha value is -3.11. The fraction of sp³-hybridized carbons (Fsp3) is 0.263. The van der Waals surface area contributed by atoms with E-state index in [9.17, 15) is 18.0 Å². The summed E-state index contributed by atoms with van der Waals surface area (Å²) in [4.78, 5) is 24.2. The Morgan fingerprint density at radius 3 is 2.41 bits per heavy atom. The summed E-state index contributed by atoms with van der Waals surface area (Å²) in [6.07, 6.45) is 0. The number of nitrogens with one attached hydrogen (secondary N) is 2. The number of nitrogens with zero attached hydrogens (tertiary/aromatic N) is 1. The number of hydrogen-bond acceptors (Lipinski definition) is 7. The molecule has 2 N–H and O–H groups in total. The number of hydrogen-bond donors (Lipinski definition) is 2. The number of methoxy groups -OCH3 is 1. The predicted octanol–water partition coefficient (Wildman–Crippen LogP) is 1.78. The molecule has 0 aliphatic rings. The van der Waals surface area contributed by atoms with E-state index in [1.54, 1.807) is 31.3 Å². The molecular formula is C19H23N3O6S. The molecule has 0 atom stereocenters. The molecule has 0 saturated carbocycles. The Labute approximate surface area is 169 Å². The van der Waals surface area contributed by atoms with Gasteiger partial charge in [0.15, 0.2) is 6.61 Å². The van der Waals surface area contributed by atoms with Gasteiger partial charge in [0.25, 0.3) is 5.91 Å². The van der Waals surface area contributed by atoms with Gasteiger partial charge in [0.2, 0.25) is 10.0 Å². The predicted molar refractivity (Wildman–Crippen MR) is 109 cm³/mol. The van der Waals surface area contributed by atoms with Crippen molar-refractivity contribution >= 4 is 33.3 Å². The Bertz CT molecular complexity index is 1000. The normalized spacial score (nSPS) is 11.1. The van der Waals surface area contributed by atoms with Crippen LogP contribution in [0.1, 0.15) is 10.4 Å². The molecule has 0 saturated heterocycles. The van der Waals surface area contributed by atoms with E-state index in [0.29, 0.717) is 11.3 Å². The van der Waals surface area contributed by atoms with Gasteiger partial charge < -0.3 is 20.1 Å². The number of sulfonamides is 1. The average Bonchev–Trinajstić information content (AvgIpc) is 2.71. The SMILES string of the molecule is CNc1ccccc1C(=O)OCC(=O)Nc1ccc(OC)c(S(=O)(=O)N(C)C)c1. The number of carbonyl (C=O) groups is 2. The number of rotatable bonds is 8. The minimum absolute atomic E-state index is 0.0947. The number of amides is 1. The summed E-state index contributed by atoms with van der Waals surface area (Å²) in [5.74, 6) is -1.12. The number of para-hydroxylation sites is 1. The summed E-state index contributed by atoms with van der Waals surface area (Å²) < 4.78 is 36.1. The van der Waals surface area contributed by atoms with E-state index in [2.05, 4.69) is 10.6 Å². The first kappa shape index (κ1) is 22.2. The van der Waals surface area contributed by atoms with Gasteiger partial charge >= 0.3 is 5.97 Å². The minimum Gasteiger partial charge on any atom is -0.495 e. The third-order valence-electron chi connectivity index (χ3n) is 3.96. The highest BCUT2D eigenvalue weighted by atomic mass is 32.2. The lowest BCUT2D eigenvalue weighted by molar-refractivity contribution is -0.119. The summed E-state index contributed by atoms with van der Waals surface area (Å²) in [5.41, 5.74) is 1.10. The van der Waals surface area contributed by atoms with Gasteiger partial charge in [-0.1, -0.05) is 12.1 Å². The molecule has 2 aromatic carbocycles. The van der Waals surface area contributed by atoms with Gasteiger partial charge in [0, 0.05) is 32.5 Å². The van der Waals surface area contributed by atoms with Crippen molar-refractivity contribution in [1.82, 2.24) is 4.31 Å². The largest absolute Gasteiger partial charge is 0.495 e. The lowest BCUT2D eigenvalue weighted by Gasteiger charge is -2.16. The van der Waals surface area contributed by atoms with E-state index in [-0.39, 0.29) is 16.3 Å². The van der Waals surface area contributed by atoms with Gasteiger partial charge in [-0.15, -0.1) is 0 Å². The van der Waals surface area contributed by atoms with Gasteiger partial charge in [-0.2, -0.15) is 0 Å². The second-order valence-corrected chi connectivity index (χ2v) is 8.19. The maximum atomic E-state index is 12.4. The van der Waals surface area contributed by atoms with Crippen LogP contribution >= 0.6 is 0 Å². The molecule has 0 heterocycles. The van der Waals surface area contributed by atoms with E-state index in [4.69, 9.17) is 9.47 Å². The molecule has 0 aliphatic carbocycles. The number of benzene rings is 2. The molecular weight excluding hydrogens is 398 g/mol. The van der Waals surface area contributed by atoms with Crippen molar-refractivity contribution in [3.05, 3.63) is 48.0 Å². The average molecular weight is 421 g/mol. The third kappa shape index (κ3) is 5.24. The highest BCUT2D eigenvalue weighted by Gasteiger charge is 2.23. The summed E-state index contributed by atoms with van der Waals surface area (Å²) in [5, 5.41) is 5.38. The molecule has 9 nitrogen and oxygen atoms in total. The lowest BCUT2D eigenvalue weighted by Crippen LogP contribution is -2.24. The molecule has 0 aromatic heterocycles. The zero-order valence-corrected chi connectivity index (χ0v) is 17.4. The van der Waals surface area contributed by atoms with Gasteiger partial charge in [-0.05, 0) is 30.3 Å². The number of esters is 1. The second-order valence-electron chi connectivity index (χ2n) is 6.07. The van der Waals surface area contributed by atoms with Crippen molar-refractivity contribution < 1.29 is 27.5 Å². The van der Waals surface area contributed by atoms with Crippen LogP contribution in [0.15, 0.2) is 47.4 Å². The molecule has 0 radical (unpaired) electrons. The molecule has 0 spiro atoms. The van der Waals surface area contributed by atoms with Crippen LogP contribution in [0.25, 0.3) is 0 Å². The molecule has 0 aliphatic heterocycles. The fourth-order valence-electron chi connectivity index (χ4n) is 2.44. The van der Waals surface area contributed by atoms with Crippen LogP contribution in [0, 0.1) is 0 Å². The van der Waals surface area contributed by atoms with Crippen LogP contribution in [-0.4, -0.2) is 59.5 Å². The van der Waals surface area contributed by atoms with Crippen molar-refractivity contribution in [3.63, 3.8) is 0 Å². The van der Waals surface area contributed by atoms with Crippen LogP contribution < -0.4 is 15.4 Å². The Morgan fingerprint density at radius 1 is 1.10 bits per heavy atom. The van der Waals surface area contributed by atoms with E-state index < -0.39 is 28.5 Å². The maximum Gasteiger partial charge on any atom is 0.340 e. The quantitative estimate of drug-likeness (QED) is 0.625. The highest BCUT2D eigenvalue weighted by Crippen LogP contribution is 2.28. The summed E-state index contributed by atoms with van der Waals surface area (Å²) in [6.45, 7) is -0.529.